The summed E-state index contributed by atoms with van der Waals surface area (Å²) in [5.74, 6) is 0.624. The van der Waals surface area contributed by atoms with Crippen LogP contribution in [0.4, 0.5) is 0 Å². The molecule has 0 saturated heterocycles. The molecule has 4 heteroatoms. The van der Waals surface area contributed by atoms with Crippen LogP contribution in [0.3, 0.4) is 0 Å². The second-order valence-corrected chi connectivity index (χ2v) is 5.74. The van der Waals surface area contributed by atoms with E-state index in [1.807, 2.05) is 6.20 Å². The van der Waals surface area contributed by atoms with Crippen LogP contribution in [0.15, 0.2) is 22.9 Å². The van der Waals surface area contributed by atoms with E-state index in [0.29, 0.717) is 5.92 Å². The molecule has 94 valence electrons. The molecule has 0 spiro atoms. The topological polar surface area (TPSA) is 45.1 Å². The van der Waals surface area contributed by atoms with E-state index in [1.54, 1.807) is 6.20 Å². The van der Waals surface area contributed by atoms with Gasteiger partial charge in [0, 0.05) is 23.4 Å². The third-order valence-electron chi connectivity index (χ3n) is 3.28. The Kier molecular flexibility index (Phi) is 4.95. The van der Waals surface area contributed by atoms with Gasteiger partial charge in [0.1, 0.15) is 0 Å². The Morgan fingerprint density at radius 2 is 2.29 bits per heavy atom. The minimum Gasteiger partial charge on any atom is -0.393 e. The van der Waals surface area contributed by atoms with Crippen molar-refractivity contribution in [2.45, 2.75) is 38.3 Å². The van der Waals surface area contributed by atoms with Gasteiger partial charge < -0.3 is 10.4 Å². The maximum Gasteiger partial charge on any atom is 0.0543 e. The molecule has 1 aromatic heterocycles. The first kappa shape index (κ1) is 13.0. The average molecular weight is 299 g/mol. The molecule has 17 heavy (non-hydrogen) atoms. The maximum atomic E-state index is 9.59. The van der Waals surface area contributed by atoms with E-state index >= 15 is 0 Å². The summed E-state index contributed by atoms with van der Waals surface area (Å²) in [6, 6.07) is 2.08. The Labute approximate surface area is 111 Å². The number of aromatic nitrogens is 1. The first-order valence-corrected chi connectivity index (χ1v) is 7.01. The lowest BCUT2D eigenvalue weighted by molar-refractivity contribution is 0.101. The molecule has 2 atom stereocenters. The molecule has 0 radical (unpaired) electrons. The fourth-order valence-electron chi connectivity index (χ4n) is 2.42. The van der Waals surface area contributed by atoms with Gasteiger partial charge in [-0.1, -0.05) is 6.42 Å². The summed E-state index contributed by atoms with van der Waals surface area (Å²) < 4.78 is 1.02. The van der Waals surface area contributed by atoms with Gasteiger partial charge in [-0.05, 0) is 59.3 Å². The highest BCUT2D eigenvalue weighted by molar-refractivity contribution is 9.10. The summed E-state index contributed by atoms with van der Waals surface area (Å²) in [7, 11) is 0. The van der Waals surface area contributed by atoms with E-state index in [4.69, 9.17) is 0 Å². The number of nitrogens with one attached hydrogen (secondary N) is 1. The predicted octanol–water partition coefficient (Wildman–Crippen LogP) is 2.48. The summed E-state index contributed by atoms with van der Waals surface area (Å²) in [4.78, 5) is 4.13. The van der Waals surface area contributed by atoms with Gasteiger partial charge >= 0.3 is 0 Å². The number of aliphatic hydroxyl groups excluding tert-OH is 1. The molecular formula is C13H19BrN2O. The van der Waals surface area contributed by atoms with Crippen molar-refractivity contribution in [1.82, 2.24) is 10.3 Å². The molecule has 1 aliphatic carbocycles. The van der Waals surface area contributed by atoms with Crippen molar-refractivity contribution < 1.29 is 5.11 Å². The number of aliphatic hydroxyl groups is 1. The Morgan fingerprint density at radius 3 is 3.06 bits per heavy atom. The fourth-order valence-corrected chi connectivity index (χ4v) is 2.83. The maximum absolute atomic E-state index is 9.59. The Bertz CT molecular complexity index is 359. The van der Waals surface area contributed by atoms with Gasteiger partial charge in [0.15, 0.2) is 0 Å². The molecule has 1 aromatic rings. The zero-order valence-electron chi connectivity index (χ0n) is 9.90. The number of rotatable bonds is 4. The summed E-state index contributed by atoms with van der Waals surface area (Å²) in [6.45, 7) is 1.84. The first-order chi connectivity index (χ1) is 8.24. The quantitative estimate of drug-likeness (QED) is 0.898. The molecule has 2 N–H and O–H groups in total. The third-order valence-corrected chi connectivity index (χ3v) is 3.71. The molecule has 1 saturated carbocycles. The number of pyridine rings is 1. The van der Waals surface area contributed by atoms with E-state index in [2.05, 4.69) is 32.3 Å². The molecule has 1 aliphatic rings. The van der Waals surface area contributed by atoms with Crippen LogP contribution in [0, 0.1) is 5.92 Å². The minimum atomic E-state index is -0.0805. The van der Waals surface area contributed by atoms with E-state index in [-0.39, 0.29) is 6.10 Å². The highest BCUT2D eigenvalue weighted by Gasteiger charge is 2.19. The van der Waals surface area contributed by atoms with Gasteiger partial charge in [0.05, 0.1) is 6.10 Å². The number of nitrogens with zero attached hydrogens (tertiary/aromatic N) is 1. The molecule has 0 bridgehead atoms. The Hall–Kier alpha value is -0.450. The van der Waals surface area contributed by atoms with Gasteiger partial charge in [-0.25, -0.2) is 0 Å². The fraction of sp³-hybridized carbons (Fsp3) is 0.615. The van der Waals surface area contributed by atoms with Gasteiger partial charge in [0.25, 0.3) is 0 Å². The summed E-state index contributed by atoms with van der Waals surface area (Å²) >= 11 is 3.42. The van der Waals surface area contributed by atoms with Crippen LogP contribution in [0.25, 0.3) is 0 Å². The lowest BCUT2D eigenvalue weighted by atomic mass is 9.87. The van der Waals surface area contributed by atoms with Gasteiger partial charge in [0.2, 0.25) is 0 Å². The molecule has 0 aromatic carbocycles. The number of hydrogen-bond acceptors (Lipinski definition) is 3. The van der Waals surface area contributed by atoms with Crippen molar-refractivity contribution in [3.05, 3.63) is 28.5 Å². The summed E-state index contributed by atoms with van der Waals surface area (Å²) in [5.41, 5.74) is 1.19. The van der Waals surface area contributed by atoms with Crippen LogP contribution in [0.2, 0.25) is 0 Å². The van der Waals surface area contributed by atoms with Gasteiger partial charge in [-0.15, -0.1) is 0 Å². The van der Waals surface area contributed by atoms with Crippen LogP contribution >= 0.6 is 15.9 Å². The second-order valence-electron chi connectivity index (χ2n) is 4.83. The van der Waals surface area contributed by atoms with Crippen molar-refractivity contribution in [3.8, 4) is 0 Å². The summed E-state index contributed by atoms with van der Waals surface area (Å²) in [6.07, 6.45) is 7.92. The van der Waals surface area contributed by atoms with Crippen molar-refractivity contribution in [2.24, 2.45) is 5.92 Å². The van der Waals surface area contributed by atoms with Crippen LogP contribution in [0.5, 0.6) is 0 Å². The number of hydrogen-bond donors (Lipinski definition) is 2. The Morgan fingerprint density at radius 1 is 1.41 bits per heavy atom. The first-order valence-electron chi connectivity index (χ1n) is 6.22. The molecule has 0 aliphatic heterocycles. The average Bonchev–Trinajstić information content (AvgIpc) is 2.29. The van der Waals surface area contributed by atoms with Gasteiger partial charge in [-0.2, -0.15) is 0 Å². The smallest absolute Gasteiger partial charge is 0.0543 e. The standard InChI is InChI=1S/C13H19BrN2O/c14-12-4-11(8-16-9-12)7-15-6-10-2-1-3-13(17)5-10/h4,8-10,13,15,17H,1-3,5-7H2. The normalized spacial score (nSPS) is 24.8. The van der Waals surface area contributed by atoms with Crippen LogP contribution < -0.4 is 5.32 Å². The van der Waals surface area contributed by atoms with E-state index in [9.17, 15) is 5.11 Å². The van der Waals surface area contributed by atoms with Crippen molar-refractivity contribution in [3.63, 3.8) is 0 Å². The second kappa shape index (κ2) is 6.47. The molecule has 3 nitrogen and oxygen atoms in total. The molecule has 1 heterocycles. The van der Waals surface area contributed by atoms with Crippen molar-refractivity contribution >= 4 is 15.9 Å². The van der Waals surface area contributed by atoms with Crippen molar-refractivity contribution in [2.75, 3.05) is 6.54 Å². The Balaban J connectivity index is 1.72. The van der Waals surface area contributed by atoms with E-state index in [0.717, 1.165) is 36.8 Å². The highest BCUT2D eigenvalue weighted by Crippen LogP contribution is 2.23. The minimum absolute atomic E-state index is 0.0805. The predicted molar refractivity (Wildman–Crippen MR) is 71.6 cm³/mol. The number of halogens is 1. The van der Waals surface area contributed by atoms with E-state index in [1.165, 1.54) is 12.0 Å². The van der Waals surface area contributed by atoms with Crippen LogP contribution in [-0.4, -0.2) is 22.7 Å². The zero-order chi connectivity index (χ0) is 12.1. The lowest BCUT2D eigenvalue weighted by Gasteiger charge is -2.26. The molecule has 0 amide bonds. The lowest BCUT2D eigenvalue weighted by Crippen LogP contribution is -2.28. The summed E-state index contributed by atoms with van der Waals surface area (Å²) in [5, 5.41) is 13.0. The van der Waals surface area contributed by atoms with Crippen LogP contribution in [0.1, 0.15) is 31.2 Å². The van der Waals surface area contributed by atoms with Crippen LogP contribution in [-0.2, 0) is 6.54 Å². The van der Waals surface area contributed by atoms with Gasteiger partial charge in [-0.3, -0.25) is 4.98 Å². The molecule has 2 unspecified atom stereocenters. The SMILES string of the molecule is OC1CCCC(CNCc2cncc(Br)c2)C1. The largest absolute Gasteiger partial charge is 0.393 e. The zero-order valence-corrected chi connectivity index (χ0v) is 11.5. The third kappa shape index (κ3) is 4.37. The monoisotopic (exact) mass is 298 g/mol. The van der Waals surface area contributed by atoms with E-state index < -0.39 is 0 Å². The molecule has 2 rings (SSSR count). The van der Waals surface area contributed by atoms with Crippen molar-refractivity contribution in [1.29, 1.82) is 0 Å². The molecular weight excluding hydrogens is 280 g/mol. The highest BCUT2D eigenvalue weighted by atomic mass is 79.9. The molecule has 1 fully saturated rings.